The third-order valence-corrected chi connectivity index (χ3v) is 2.38. The summed E-state index contributed by atoms with van der Waals surface area (Å²) in [5.74, 6) is 0.118. The predicted octanol–water partition coefficient (Wildman–Crippen LogP) is 3.53. The number of carbonyl (C=O) groups excluding carboxylic acids is 2. The second-order valence-corrected chi connectivity index (χ2v) is 4.68. The molecule has 1 aromatic rings. The van der Waals surface area contributed by atoms with Gasteiger partial charge in [0, 0.05) is 17.0 Å². The number of Topliss-reactive ketones (excluding diaryl/α,β-unsaturated/α-hetero) is 2. The highest BCUT2D eigenvalue weighted by molar-refractivity contribution is 6.31. The van der Waals surface area contributed by atoms with E-state index in [9.17, 15) is 9.59 Å². The van der Waals surface area contributed by atoms with Crippen LogP contribution in [0.4, 0.5) is 0 Å². The van der Waals surface area contributed by atoms with Gasteiger partial charge in [0.25, 0.3) is 0 Å². The van der Waals surface area contributed by atoms with Crippen molar-refractivity contribution < 1.29 is 9.59 Å². The van der Waals surface area contributed by atoms with E-state index in [2.05, 4.69) is 0 Å². The van der Waals surface area contributed by atoms with Crippen LogP contribution in [0.25, 0.3) is 0 Å². The maximum Gasteiger partial charge on any atom is 0.170 e. The van der Waals surface area contributed by atoms with E-state index >= 15 is 0 Å². The first kappa shape index (κ1) is 12.9. The molecule has 0 aliphatic carbocycles. The highest BCUT2D eigenvalue weighted by Crippen LogP contribution is 2.13. The molecule has 0 saturated heterocycles. The summed E-state index contributed by atoms with van der Waals surface area (Å²) in [5.41, 5.74) is 0.504. The van der Waals surface area contributed by atoms with Gasteiger partial charge in [-0.15, -0.1) is 0 Å². The van der Waals surface area contributed by atoms with Gasteiger partial charge in [-0.1, -0.05) is 37.6 Å². The number of hydrogen-bond acceptors (Lipinski definition) is 2. The minimum absolute atomic E-state index is 0.0139. The van der Waals surface area contributed by atoms with Gasteiger partial charge in [-0.2, -0.15) is 0 Å². The SMILES string of the molecule is CC(C)CC(=O)CC(=O)c1cccc(Cl)c1. The fraction of sp³-hybridized carbons (Fsp3) is 0.385. The lowest BCUT2D eigenvalue weighted by Gasteiger charge is -2.03. The van der Waals surface area contributed by atoms with E-state index in [4.69, 9.17) is 11.6 Å². The zero-order valence-electron chi connectivity index (χ0n) is 9.50. The molecule has 0 heterocycles. The van der Waals surface area contributed by atoms with Crippen LogP contribution in [0.5, 0.6) is 0 Å². The molecule has 0 spiro atoms. The van der Waals surface area contributed by atoms with Gasteiger partial charge in [0.05, 0.1) is 6.42 Å². The van der Waals surface area contributed by atoms with E-state index in [1.807, 2.05) is 13.8 Å². The molecule has 0 bridgehead atoms. The summed E-state index contributed by atoms with van der Waals surface area (Å²) in [6.07, 6.45) is 0.421. The summed E-state index contributed by atoms with van der Waals surface area (Å²) < 4.78 is 0. The highest BCUT2D eigenvalue weighted by Gasteiger charge is 2.13. The molecule has 1 rings (SSSR count). The normalized spacial score (nSPS) is 10.5. The lowest BCUT2D eigenvalue weighted by molar-refractivity contribution is -0.118. The van der Waals surface area contributed by atoms with E-state index in [-0.39, 0.29) is 18.0 Å². The van der Waals surface area contributed by atoms with Crippen molar-refractivity contribution in [3.63, 3.8) is 0 Å². The molecule has 86 valence electrons. The summed E-state index contributed by atoms with van der Waals surface area (Å²) in [6.45, 7) is 3.92. The van der Waals surface area contributed by atoms with Crippen LogP contribution in [-0.4, -0.2) is 11.6 Å². The van der Waals surface area contributed by atoms with Crippen molar-refractivity contribution in [3.05, 3.63) is 34.9 Å². The maximum absolute atomic E-state index is 11.7. The number of benzene rings is 1. The molecule has 0 radical (unpaired) electrons. The Kier molecular flexibility index (Phi) is 4.69. The molecule has 3 heteroatoms. The molecule has 0 N–H and O–H groups in total. The minimum atomic E-state index is -0.159. The number of ketones is 2. The number of carbonyl (C=O) groups is 2. The first-order valence-corrected chi connectivity index (χ1v) is 5.67. The quantitative estimate of drug-likeness (QED) is 0.581. The van der Waals surface area contributed by atoms with E-state index in [0.29, 0.717) is 22.9 Å². The molecule has 0 amide bonds. The van der Waals surface area contributed by atoms with Gasteiger partial charge >= 0.3 is 0 Å². The third kappa shape index (κ3) is 4.15. The van der Waals surface area contributed by atoms with Crippen LogP contribution in [0.2, 0.25) is 5.02 Å². The molecule has 1 aromatic carbocycles. The lowest BCUT2D eigenvalue weighted by Crippen LogP contribution is -2.10. The molecule has 0 fully saturated rings. The molecule has 0 aliphatic rings. The van der Waals surface area contributed by atoms with Gasteiger partial charge in [0.1, 0.15) is 5.78 Å². The van der Waals surface area contributed by atoms with Crippen molar-refractivity contribution in [1.82, 2.24) is 0 Å². The molecule has 0 saturated carbocycles. The van der Waals surface area contributed by atoms with Gasteiger partial charge in [-0.25, -0.2) is 0 Å². The van der Waals surface area contributed by atoms with Crippen molar-refractivity contribution in [3.8, 4) is 0 Å². The fourth-order valence-corrected chi connectivity index (χ4v) is 1.66. The lowest BCUT2D eigenvalue weighted by atomic mass is 10.0. The van der Waals surface area contributed by atoms with E-state index in [1.165, 1.54) is 0 Å². The Morgan fingerprint density at radius 2 is 2.00 bits per heavy atom. The number of rotatable bonds is 5. The standard InChI is InChI=1S/C13H15ClO2/c1-9(2)6-12(15)8-13(16)10-4-3-5-11(14)7-10/h3-5,7,9H,6,8H2,1-2H3. The first-order chi connectivity index (χ1) is 7.49. The smallest absolute Gasteiger partial charge is 0.170 e. The van der Waals surface area contributed by atoms with E-state index in [0.717, 1.165) is 0 Å². The molecule has 0 unspecified atom stereocenters. The summed E-state index contributed by atoms with van der Waals surface area (Å²) in [6, 6.07) is 6.68. The van der Waals surface area contributed by atoms with Crippen molar-refractivity contribution in [2.45, 2.75) is 26.7 Å². The van der Waals surface area contributed by atoms with Crippen LogP contribution in [0.1, 0.15) is 37.0 Å². The molecular formula is C13H15ClO2. The topological polar surface area (TPSA) is 34.1 Å². The second-order valence-electron chi connectivity index (χ2n) is 4.25. The maximum atomic E-state index is 11.7. The molecule has 16 heavy (non-hydrogen) atoms. The average molecular weight is 239 g/mol. The number of hydrogen-bond donors (Lipinski definition) is 0. The van der Waals surface area contributed by atoms with Gasteiger partial charge in [-0.3, -0.25) is 9.59 Å². The Balaban J connectivity index is 2.62. The Labute approximate surface area is 101 Å². The van der Waals surface area contributed by atoms with Gasteiger partial charge < -0.3 is 0 Å². The monoisotopic (exact) mass is 238 g/mol. The van der Waals surface area contributed by atoms with Crippen LogP contribution >= 0.6 is 11.6 Å². The van der Waals surface area contributed by atoms with Gasteiger partial charge in [0.2, 0.25) is 0 Å². The second kappa shape index (κ2) is 5.80. The zero-order chi connectivity index (χ0) is 12.1. The predicted molar refractivity (Wildman–Crippen MR) is 64.9 cm³/mol. The molecular weight excluding hydrogens is 224 g/mol. The molecule has 0 aliphatic heterocycles. The van der Waals surface area contributed by atoms with Crippen LogP contribution in [0.15, 0.2) is 24.3 Å². The summed E-state index contributed by atoms with van der Waals surface area (Å²) >= 11 is 5.77. The summed E-state index contributed by atoms with van der Waals surface area (Å²) in [4.78, 5) is 23.2. The van der Waals surface area contributed by atoms with Crippen molar-refractivity contribution in [1.29, 1.82) is 0 Å². The average Bonchev–Trinajstić information content (AvgIpc) is 2.16. The third-order valence-electron chi connectivity index (χ3n) is 2.14. The van der Waals surface area contributed by atoms with Crippen LogP contribution in [0.3, 0.4) is 0 Å². The Morgan fingerprint density at radius 1 is 1.31 bits per heavy atom. The Bertz CT molecular complexity index is 397. The zero-order valence-corrected chi connectivity index (χ0v) is 10.3. The van der Waals surface area contributed by atoms with Crippen molar-refractivity contribution >= 4 is 23.2 Å². The van der Waals surface area contributed by atoms with E-state index < -0.39 is 0 Å². The minimum Gasteiger partial charge on any atom is -0.299 e. The highest BCUT2D eigenvalue weighted by atomic mass is 35.5. The van der Waals surface area contributed by atoms with Crippen LogP contribution < -0.4 is 0 Å². The summed E-state index contributed by atoms with van der Waals surface area (Å²) in [5, 5.41) is 0.516. The largest absolute Gasteiger partial charge is 0.299 e. The summed E-state index contributed by atoms with van der Waals surface area (Å²) in [7, 11) is 0. The van der Waals surface area contributed by atoms with Crippen molar-refractivity contribution in [2.24, 2.45) is 5.92 Å². The molecule has 2 nitrogen and oxygen atoms in total. The fourth-order valence-electron chi connectivity index (χ4n) is 1.47. The Hall–Kier alpha value is -1.15. The molecule has 0 atom stereocenters. The first-order valence-electron chi connectivity index (χ1n) is 5.29. The van der Waals surface area contributed by atoms with Crippen molar-refractivity contribution in [2.75, 3.05) is 0 Å². The number of halogens is 1. The van der Waals surface area contributed by atoms with E-state index in [1.54, 1.807) is 24.3 Å². The van der Waals surface area contributed by atoms with Crippen LogP contribution in [0, 0.1) is 5.92 Å². The van der Waals surface area contributed by atoms with Gasteiger partial charge in [-0.05, 0) is 18.1 Å². The van der Waals surface area contributed by atoms with Crippen LogP contribution in [-0.2, 0) is 4.79 Å². The van der Waals surface area contributed by atoms with Gasteiger partial charge in [0.15, 0.2) is 5.78 Å². The molecule has 0 aromatic heterocycles. The Morgan fingerprint density at radius 3 is 2.56 bits per heavy atom.